The van der Waals surface area contributed by atoms with E-state index in [0.717, 1.165) is 24.3 Å². The number of hydrogen-bond donors (Lipinski definition) is 0. The molecule has 1 aromatic rings. The smallest absolute Gasteiger partial charge is 0.181 e. The van der Waals surface area contributed by atoms with Crippen LogP contribution in [-0.4, -0.2) is 4.98 Å². The lowest BCUT2D eigenvalue weighted by molar-refractivity contribution is 0.540. The molecule has 0 aromatic carbocycles. The normalized spacial score (nSPS) is 16.2. The van der Waals surface area contributed by atoms with E-state index in [2.05, 4.69) is 23.2 Å². The summed E-state index contributed by atoms with van der Waals surface area (Å²) in [7, 11) is 0. The number of hydrogen-bond acceptors (Lipinski definition) is 2. The molecule has 0 atom stereocenters. The van der Waals surface area contributed by atoms with Gasteiger partial charge in [0.1, 0.15) is 0 Å². The van der Waals surface area contributed by atoms with Crippen molar-refractivity contribution < 1.29 is 4.42 Å². The van der Waals surface area contributed by atoms with E-state index in [0.29, 0.717) is 0 Å². The molecular formula is C10H11NO. The molecule has 1 heterocycles. The zero-order chi connectivity index (χ0) is 8.39. The van der Waals surface area contributed by atoms with Gasteiger partial charge in [-0.25, -0.2) is 4.98 Å². The Balaban J connectivity index is 2.36. The number of rotatable bonds is 1. The van der Waals surface area contributed by atoms with Crippen LogP contribution in [0.15, 0.2) is 29.0 Å². The fourth-order valence-electron chi connectivity index (χ4n) is 1.40. The maximum atomic E-state index is 5.29. The molecule has 62 valence electrons. The van der Waals surface area contributed by atoms with Crippen molar-refractivity contribution in [1.29, 1.82) is 0 Å². The van der Waals surface area contributed by atoms with E-state index in [9.17, 15) is 0 Å². The topological polar surface area (TPSA) is 26.0 Å². The number of oxazole rings is 1. The molecule has 0 N–H and O–H groups in total. The van der Waals surface area contributed by atoms with Gasteiger partial charge in [-0.1, -0.05) is 18.2 Å². The standard InChI is InChI=1S/C10H11NO/c1-8-10(12-7-11-8)9-5-3-2-4-6-9/h2-3,5,7H,4,6H2,1H3. The van der Waals surface area contributed by atoms with Crippen LogP contribution in [0.1, 0.15) is 24.3 Å². The van der Waals surface area contributed by atoms with E-state index < -0.39 is 0 Å². The van der Waals surface area contributed by atoms with Crippen LogP contribution in [0, 0.1) is 6.92 Å². The molecule has 0 amide bonds. The number of allylic oxidation sites excluding steroid dienone is 4. The number of nitrogens with zero attached hydrogens (tertiary/aromatic N) is 1. The second-order valence-corrected chi connectivity index (χ2v) is 2.93. The SMILES string of the molecule is Cc1ncoc1C1=CC=CCC1. The van der Waals surface area contributed by atoms with Crippen molar-refractivity contribution in [2.75, 3.05) is 0 Å². The molecule has 1 aromatic heterocycles. The minimum atomic E-state index is 0.944. The monoisotopic (exact) mass is 161 g/mol. The first-order valence-corrected chi connectivity index (χ1v) is 4.14. The van der Waals surface area contributed by atoms with Gasteiger partial charge in [-0.2, -0.15) is 0 Å². The largest absolute Gasteiger partial charge is 0.444 e. The highest BCUT2D eigenvalue weighted by Crippen LogP contribution is 2.25. The van der Waals surface area contributed by atoms with Gasteiger partial charge in [0.25, 0.3) is 0 Å². The third kappa shape index (κ3) is 1.20. The van der Waals surface area contributed by atoms with Crippen molar-refractivity contribution in [2.45, 2.75) is 19.8 Å². The van der Waals surface area contributed by atoms with Crippen LogP contribution in [-0.2, 0) is 0 Å². The third-order valence-electron chi connectivity index (χ3n) is 2.05. The minimum absolute atomic E-state index is 0.944. The fourth-order valence-corrected chi connectivity index (χ4v) is 1.40. The Kier molecular flexibility index (Phi) is 1.82. The summed E-state index contributed by atoms with van der Waals surface area (Å²) in [5.74, 6) is 0.944. The molecule has 0 unspecified atom stereocenters. The fraction of sp³-hybridized carbons (Fsp3) is 0.300. The molecule has 0 saturated heterocycles. The molecule has 0 aliphatic heterocycles. The van der Waals surface area contributed by atoms with Crippen LogP contribution >= 0.6 is 0 Å². The Morgan fingerprint density at radius 1 is 1.50 bits per heavy atom. The highest BCUT2D eigenvalue weighted by atomic mass is 16.3. The van der Waals surface area contributed by atoms with Crippen molar-refractivity contribution in [1.82, 2.24) is 4.98 Å². The highest BCUT2D eigenvalue weighted by Gasteiger charge is 2.09. The Morgan fingerprint density at radius 2 is 2.42 bits per heavy atom. The summed E-state index contributed by atoms with van der Waals surface area (Å²) in [4.78, 5) is 4.06. The lowest BCUT2D eigenvalue weighted by Crippen LogP contribution is -1.88. The van der Waals surface area contributed by atoms with Crippen LogP contribution < -0.4 is 0 Å². The highest BCUT2D eigenvalue weighted by molar-refractivity contribution is 5.65. The predicted octanol–water partition coefficient (Wildman–Crippen LogP) is 2.72. The molecule has 0 fully saturated rings. The summed E-state index contributed by atoms with van der Waals surface area (Å²) in [6.45, 7) is 1.97. The van der Waals surface area contributed by atoms with Crippen LogP contribution in [0.2, 0.25) is 0 Å². The van der Waals surface area contributed by atoms with Gasteiger partial charge in [-0.15, -0.1) is 0 Å². The van der Waals surface area contributed by atoms with Gasteiger partial charge in [0, 0.05) is 0 Å². The molecule has 2 heteroatoms. The quantitative estimate of drug-likeness (QED) is 0.633. The van der Waals surface area contributed by atoms with Gasteiger partial charge in [0.05, 0.1) is 5.69 Å². The lowest BCUT2D eigenvalue weighted by atomic mass is 10.0. The maximum Gasteiger partial charge on any atom is 0.181 e. The van der Waals surface area contributed by atoms with Gasteiger partial charge in [0.15, 0.2) is 12.2 Å². The molecule has 1 aliphatic carbocycles. The van der Waals surface area contributed by atoms with Gasteiger partial charge < -0.3 is 4.42 Å². The average molecular weight is 161 g/mol. The summed E-state index contributed by atoms with van der Waals surface area (Å²) in [6.07, 6.45) is 10.00. The molecule has 0 radical (unpaired) electrons. The van der Waals surface area contributed by atoms with Crippen molar-refractivity contribution in [2.24, 2.45) is 0 Å². The van der Waals surface area contributed by atoms with Crippen molar-refractivity contribution in [3.63, 3.8) is 0 Å². The first-order valence-electron chi connectivity index (χ1n) is 4.14. The van der Waals surface area contributed by atoms with Crippen molar-refractivity contribution in [3.05, 3.63) is 36.1 Å². The maximum absolute atomic E-state index is 5.29. The summed E-state index contributed by atoms with van der Waals surface area (Å²) in [5.41, 5.74) is 2.24. The summed E-state index contributed by atoms with van der Waals surface area (Å²) < 4.78 is 5.29. The summed E-state index contributed by atoms with van der Waals surface area (Å²) >= 11 is 0. The lowest BCUT2D eigenvalue weighted by Gasteiger charge is -2.05. The van der Waals surface area contributed by atoms with Gasteiger partial charge in [0.2, 0.25) is 0 Å². The van der Waals surface area contributed by atoms with E-state index in [1.807, 2.05) is 6.92 Å². The number of aromatic nitrogens is 1. The molecule has 12 heavy (non-hydrogen) atoms. The van der Waals surface area contributed by atoms with Crippen LogP contribution in [0.4, 0.5) is 0 Å². The first kappa shape index (κ1) is 7.35. The van der Waals surface area contributed by atoms with Crippen molar-refractivity contribution in [3.8, 4) is 0 Å². The van der Waals surface area contributed by atoms with Gasteiger partial charge >= 0.3 is 0 Å². The predicted molar refractivity (Wildman–Crippen MR) is 47.6 cm³/mol. The summed E-state index contributed by atoms with van der Waals surface area (Å²) in [6, 6.07) is 0. The Labute approximate surface area is 71.6 Å². The zero-order valence-corrected chi connectivity index (χ0v) is 7.08. The average Bonchev–Trinajstić information content (AvgIpc) is 2.53. The molecular weight excluding hydrogens is 150 g/mol. The van der Waals surface area contributed by atoms with Crippen LogP contribution in [0.5, 0.6) is 0 Å². The van der Waals surface area contributed by atoms with Gasteiger partial charge in [-0.05, 0) is 25.3 Å². The van der Waals surface area contributed by atoms with E-state index in [1.54, 1.807) is 0 Å². The van der Waals surface area contributed by atoms with E-state index >= 15 is 0 Å². The van der Waals surface area contributed by atoms with Crippen LogP contribution in [0.3, 0.4) is 0 Å². The summed E-state index contributed by atoms with van der Waals surface area (Å²) in [5, 5.41) is 0. The molecule has 2 nitrogen and oxygen atoms in total. The van der Waals surface area contributed by atoms with Crippen molar-refractivity contribution >= 4 is 5.57 Å². The van der Waals surface area contributed by atoms with Gasteiger partial charge in [-0.3, -0.25) is 0 Å². The second-order valence-electron chi connectivity index (χ2n) is 2.93. The zero-order valence-electron chi connectivity index (χ0n) is 7.08. The molecule has 2 rings (SSSR count). The van der Waals surface area contributed by atoms with Crippen LogP contribution in [0.25, 0.3) is 5.57 Å². The third-order valence-corrected chi connectivity index (χ3v) is 2.05. The van der Waals surface area contributed by atoms with E-state index in [-0.39, 0.29) is 0 Å². The second kappa shape index (κ2) is 2.97. The molecule has 0 bridgehead atoms. The van der Waals surface area contributed by atoms with E-state index in [1.165, 1.54) is 12.0 Å². The molecule has 0 saturated carbocycles. The minimum Gasteiger partial charge on any atom is -0.444 e. The Hall–Kier alpha value is -1.31. The Morgan fingerprint density at radius 3 is 3.00 bits per heavy atom. The van der Waals surface area contributed by atoms with E-state index in [4.69, 9.17) is 4.42 Å². The number of aryl methyl sites for hydroxylation is 1. The molecule has 1 aliphatic rings. The Bertz CT molecular complexity index is 333. The first-order chi connectivity index (χ1) is 5.88. The molecule has 0 spiro atoms.